The van der Waals surface area contributed by atoms with Crippen LogP contribution in [0.1, 0.15) is 37.4 Å². The second kappa shape index (κ2) is 6.84. The Morgan fingerprint density at radius 2 is 2.25 bits per heavy atom. The van der Waals surface area contributed by atoms with Crippen molar-refractivity contribution in [2.45, 2.75) is 39.2 Å². The van der Waals surface area contributed by atoms with E-state index < -0.39 is 0 Å². The summed E-state index contributed by atoms with van der Waals surface area (Å²) in [6.07, 6.45) is 4.41. The molecule has 4 heterocycles. The van der Waals surface area contributed by atoms with E-state index in [9.17, 15) is 4.79 Å². The average molecular weight is 332 g/mol. The summed E-state index contributed by atoms with van der Waals surface area (Å²) in [6, 6.07) is 0. The Labute approximate surface area is 143 Å². The smallest absolute Gasteiger partial charge is 0.255 e. The molecule has 4 rings (SSSR count). The zero-order valence-corrected chi connectivity index (χ0v) is 14.6. The quantitative estimate of drug-likeness (QED) is 0.907. The normalized spacial score (nSPS) is 28.1. The van der Waals surface area contributed by atoms with Crippen LogP contribution in [0, 0.1) is 11.8 Å². The van der Waals surface area contributed by atoms with E-state index in [0.717, 1.165) is 76.0 Å². The van der Waals surface area contributed by atoms with Crippen LogP contribution < -0.4 is 10.5 Å². The van der Waals surface area contributed by atoms with E-state index in [1.165, 1.54) is 12.8 Å². The monoisotopic (exact) mass is 332 g/mol. The van der Waals surface area contributed by atoms with Gasteiger partial charge in [0.2, 0.25) is 5.95 Å². The Hall–Kier alpha value is -1.40. The molecule has 6 heteroatoms. The van der Waals surface area contributed by atoms with Crippen molar-refractivity contribution >= 4 is 5.95 Å². The van der Waals surface area contributed by atoms with Gasteiger partial charge < -0.3 is 9.64 Å². The maximum absolute atomic E-state index is 12.5. The molecule has 1 aromatic heterocycles. The average Bonchev–Trinajstić information content (AvgIpc) is 3.07. The Morgan fingerprint density at radius 3 is 3.04 bits per heavy atom. The van der Waals surface area contributed by atoms with Crippen LogP contribution in [-0.2, 0) is 17.7 Å². The second-order valence-electron chi connectivity index (χ2n) is 7.72. The largest absolute Gasteiger partial charge is 0.381 e. The zero-order chi connectivity index (χ0) is 16.5. The Balaban J connectivity index is 1.51. The van der Waals surface area contributed by atoms with E-state index in [1.807, 2.05) is 0 Å². The van der Waals surface area contributed by atoms with Gasteiger partial charge in [0.05, 0.1) is 12.3 Å². The highest BCUT2D eigenvalue weighted by molar-refractivity contribution is 5.35. The van der Waals surface area contributed by atoms with Crippen LogP contribution in [0.2, 0.25) is 0 Å². The summed E-state index contributed by atoms with van der Waals surface area (Å²) in [5.41, 5.74) is 1.94. The van der Waals surface area contributed by atoms with Crippen LogP contribution in [-0.4, -0.2) is 54.3 Å². The molecule has 2 fully saturated rings. The maximum Gasteiger partial charge on any atom is 0.255 e. The van der Waals surface area contributed by atoms with Crippen molar-refractivity contribution in [3.63, 3.8) is 0 Å². The fourth-order valence-electron chi connectivity index (χ4n) is 4.26. The van der Waals surface area contributed by atoms with Gasteiger partial charge in [0.15, 0.2) is 0 Å². The van der Waals surface area contributed by atoms with Crippen molar-refractivity contribution in [3.8, 4) is 0 Å². The number of piperidine rings is 1. The minimum atomic E-state index is 0.0667. The van der Waals surface area contributed by atoms with Gasteiger partial charge >= 0.3 is 0 Å². The van der Waals surface area contributed by atoms with Crippen LogP contribution >= 0.6 is 0 Å². The highest BCUT2D eigenvalue weighted by Crippen LogP contribution is 2.23. The molecular weight excluding hydrogens is 304 g/mol. The molecule has 0 unspecified atom stereocenters. The van der Waals surface area contributed by atoms with E-state index in [2.05, 4.69) is 21.7 Å². The standard InChI is InChI=1S/C18H28N4O2/c1-13-3-2-6-22(9-13)18-19-16-11-21(10-14-5-8-24-12-14)7-4-15(16)17(23)20-18/h13-14H,2-12H2,1H3,(H,19,20,23)/t13-,14-/m0/s1. The Kier molecular flexibility index (Phi) is 4.59. The number of aromatic amines is 1. The van der Waals surface area contributed by atoms with E-state index in [-0.39, 0.29) is 5.56 Å². The minimum Gasteiger partial charge on any atom is -0.381 e. The molecule has 24 heavy (non-hydrogen) atoms. The number of nitrogens with zero attached hydrogens (tertiary/aromatic N) is 3. The number of ether oxygens (including phenoxy) is 1. The summed E-state index contributed by atoms with van der Waals surface area (Å²) in [5.74, 6) is 2.08. The molecule has 0 bridgehead atoms. The molecule has 1 aromatic rings. The predicted molar refractivity (Wildman–Crippen MR) is 93.4 cm³/mol. The first-order valence-electron chi connectivity index (χ1n) is 9.36. The number of rotatable bonds is 3. The number of nitrogens with one attached hydrogen (secondary N) is 1. The third kappa shape index (κ3) is 3.35. The van der Waals surface area contributed by atoms with Crippen LogP contribution in [0.4, 0.5) is 5.95 Å². The van der Waals surface area contributed by atoms with Crippen LogP contribution in [0.15, 0.2) is 4.79 Å². The lowest BCUT2D eigenvalue weighted by Gasteiger charge is -2.33. The van der Waals surface area contributed by atoms with Crippen molar-refractivity contribution in [1.29, 1.82) is 0 Å². The summed E-state index contributed by atoms with van der Waals surface area (Å²) in [6.45, 7) is 8.84. The highest BCUT2D eigenvalue weighted by atomic mass is 16.5. The molecule has 0 aliphatic carbocycles. The van der Waals surface area contributed by atoms with Crippen LogP contribution in [0.3, 0.4) is 0 Å². The first-order chi connectivity index (χ1) is 11.7. The van der Waals surface area contributed by atoms with Crippen LogP contribution in [0.5, 0.6) is 0 Å². The summed E-state index contributed by atoms with van der Waals surface area (Å²) >= 11 is 0. The van der Waals surface area contributed by atoms with E-state index >= 15 is 0 Å². The molecule has 3 aliphatic rings. The molecule has 2 saturated heterocycles. The molecule has 6 nitrogen and oxygen atoms in total. The van der Waals surface area contributed by atoms with Crippen molar-refractivity contribution < 1.29 is 4.74 Å². The van der Waals surface area contributed by atoms with Gasteiger partial charge in [0, 0.05) is 44.9 Å². The molecule has 3 aliphatic heterocycles. The Bertz CT molecular complexity index is 638. The van der Waals surface area contributed by atoms with Gasteiger partial charge in [-0.3, -0.25) is 14.7 Å². The van der Waals surface area contributed by atoms with Gasteiger partial charge in [-0.05, 0) is 37.5 Å². The number of H-pyrrole nitrogens is 1. The van der Waals surface area contributed by atoms with Gasteiger partial charge in [-0.15, -0.1) is 0 Å². The maximum atomic E-state index is 12.5. The molecule has 0 spiro atoms. The number of hydrogen-bond donors (Lipinski definition) is 1. The van der Waals surface area contributed by atoms with Gasteiger partial charge in [-0.25, -0.2) is 4.98 Å². The fraction of sp³-hybridized carbons (Fsp3) is 0.778. The summed E-state index contributed by atoms with van der Waals surface area (Å²) < 4.78 is 5.49. The van der Waals surface area contributed by atoms with E-state index in [4.69, 9.17) is 9.72 Å². The van der Waals surface area contributed by atoms with Crippen molar-refractivity contribution in [1.82, 2.24) is 14.9 Å². The third-order valence-electron chi connectivity index (χ3n) is 5.64. The fourth-order valence-corrected chi connectivity index (χ4v) is 4.26. The van der Waals surface area contributed by atoms with Gasteiger partial charge in [-0.2, -0.15) is 0 Å². The molecule has 0 aromatic carbocycles. The number of aromatic nitrogens is 2. The molecule has 0 radical (unpaired) electrons. The first kappa shape index (κ1) is 16.1. The summed E-state index contributed by atoms with van der Waals surface area (Å²) in [5, 5.41) is 0. The first-order valence-corrected chi connectivity index (χ1v) is 9.36. The van der Waals surface area contributed by atoms with Crippen molar-refractivity contribution in [2.24, 2.45) is 11.8 Å². The lowest BCUT2D eigenvalue weighted by Crippen LogP contribution is -2.41. The molecule has 1 N–H and O–H groups in total. The van der Waals surface area contributed by atoms with Gasteiger partial charge in [-0.1, -0.05) is 6.92 Å². The molecular formula is C18H28N4O2. The molecule has 0 saturated carbocycles. The second-order valence-corrected chi connectivity index (χ2v) is 7.72. The Morgan fingerprint density at radius 1 is 1.33 bits per heavy atom. The van der Waals surface area contributed by atoms with Crippen molar-refractivity contribution in [3.05, 3.63) is 21.6 Å². The van der Waals surface area contributed by atoms with Crippen LogP contribution in [0.25, 0.3) is 0 Å². The topological polar surface area (TPSA) is 61.5 Å². The van der Waals surface area contributed by atoms with Gasteiger partial charge in [0.25, 0.3) is 5.56 Å². The highest BCUT2D eigenvalue weighted by Gasteiger charge is 2.26. The lowest BCUT2D eigenvalue weighted by molar-refractivity contribution is 0.161. The zero-order valence-electron chi connectivity index (χ0n) is 14.6. The SMILES string of the molecule is C[C@H]1CCCN(c2nc3c(c(=O)[nH]2)CCN(C[C@@H]2CCOC2)C3)C1. The van der Waals surface area contributed by atoms with E-state index in [1.54, 1.807) is 0 Å². The van der Waals surface area contributed by atoms with Gasteiger partial charge in [0.1, 0.15) is 0 Å². The lowest BCUT2D eigenvalue weighted by atomic mass is 10.0. The van der Waals surface area contributed by atoms with E-state index in [0.29, 0.717) is 11.8 Å². The summed E-state index contributed by atoms with van der Waals surface area (Å²) in [7, 11) is 0. The molecule has 0 amide bonds. The minimum absolute atomic E-state index is 0.0667. The van der Waals surface area contributed by atoms with Crippen molar-refractivity contribution in [2.75, 3.05) is 44.3 Å². The number of anilines is 1. The predicted octanol–water partition coefficient (Wildman–Crippen LogP) is 1.40. The number of fused-ring (bicyclic) bond motifs is 1. The summed E-state index contributed by atoms with van der Waals surface area (Å²) in [4.78, 5) is 25.1. The molecule has 2 atom stereocenters. The molecule has 132 valence electrons. The third-order valence-corrected chi connectivity index (χ3v) is 5.64. The number of hydrogen-bond acceptors (Lipinski definition) is 5.